The zero-order valence-electron chi connectivity index (χ0n) is 12.3. The first kappa shape index (κ1) is 13.6. The van der Waals surface area contributed by atoms with Gasteiger partial charge >= 0.3 is 0 Å². The van der Waals surface area contributed by atoms with Crippen molar-refractivity contribution in [2.24, 2.45) is 11.1 Å². The van der Waals surface area contributed by atoms with Gasteiger partial charge in [-0.1, -0.05) is 38.1 Å². The molecule has 0 radical (unpaired) electrons. The van der Waals surface area contributed by atoms with Crippen LogP contribution in [0.2, 0.25) is 0 Å². The maximum atomic E-state index is 6.32. The van der Waals surface area contributed by atoms with Crippen molar-refractivity contribution in [1.82, 2.24) is 0 Å². The van der Waals surface area contributed by atoms with Gasteiger partial charge in [-0.05, 0) is 62.0 Å². The molecule has 0 aliphatic heterocycles. The van der Waals surface area contributed by atoms with Gasteiger partial charge in [-0.15, -0.1) is 0 Å². The Hall–Kier alpha value is -0.820. The second-order valence-corrected chi connectivity index (χ2v) is 7.25. The third kappa shape index (κ3) is 2.95. The maximum Gasteiger partial charge on any atom is 0.0355 e. The highest BCUT2D eigenvalue weighted by atomic mass is 14.7. The Balaban J connectivity index is 2.25. The molecule has 0 saturated heterocycles. The molecule has 0 bridgehead atoms. The summed E-state index contributed by atoms with van der Waals surface area (Å²) in [7, 11) is 0. The largest absolute Gasteiger partial charge is 0.322 e. The first-order chi connectivity index (χ1) is 8.30. The molecule has 18 heavy (non-hydrogen) atoms. The van der Waals surface area contributed by atoms with E-state index in [1.807, 2.05) is 0 Å². The van der Waals surface area contributed by atoms with Gasteiger partial charge in [0, 0.05) is 5.54 Å². The van der Waals surface area contributed by atoms with Gasteiger partial charge in [0.2, 0.25) is 0 Å². The predicted molar refractivity (Wildman–Crippen MR) is 78.6 cm³/mol. The van der Waals surface area contributed by atoms with Crippen LogP contribution in [-0.4, -0.2) is 0 Å². The van der Waals surface area contributed by atoms with Crippen molar-refractivity contribution in [3.8, 4) is 0 Å². The summed E-state index contributed by atoms with van der Waals surface area (Å²) >= 11 is 0. The van der Waals surface area contributed by atoms with Crippen molar-refractivity contribution < 1.29 is 0 Å². The molecule has 2 N–H and O–H groups in total. The molecular weight excluding hydrogens is 218 g/mol. The van der Waals surface area contributed by atoms with Gasteiger partial charge in [-0.2, -0.15) is 0 Å². The maximum absolute atomic E-state index is 6.32. The lowest BCUT2D eigenvalue weighted by atomic mass is 9.70. The molecule has 0 spiro atoms. The third-order valence-corrected chi connectivity index (χ3v) is 4.43. The van der Waals surface area contributed by atoms with E-state index < -0.39 is 0 Å². The molecule has 0 atom stereocenters. The molecule has 0 amide bonds. The van der Waals surface area contributed by atoms with Crippen LogP contribution >= 0.6 is 0 Å². The Bertz CT molecular complexity index is 402. The fraction of sp³-hybridized carbons (Fsp3) is 0.647. The van der Waals surface area contributed by atoms with Crippen LogP contribution in [-0.2, 0) is 5.54 Å². The smallest absolute Gasteiger partial charge is 0.0355 e. The Morgan fingerprint density at radius 2 is 1.67 bits per heavy atom. The Labute approximate surface area is 112 Å². The molecule has 1 aliphatic rings. The van der Waals surface area contributed by atoms with Gasteiger partial charge in [0.25, 0.3) is 0 Å². The molecule has 1 aliphatic carbocycles. The first-order valence-corrected chi connectivity index (χ1v) is 7.18. The molecule has 100 valence electrons. The third-order valence-electron chi connectivity index (χ3n) is 4.43. The fourth-order valence-corrected chi connectivity index (χ4v) is 3.15. The zero-order chi connectivity index (χ0) is 13.4. The van der Waals surface area contributed by atoms with Crippen LogP contribution in [0, 0.1) is 5.41 Å². The molecule has 1 aromatic rings. The van der Waals surface area contributed by atoms with Crippen molar-refractivity contribution in [3.05, 3.63) is 35.4 Å². The molecule has 0 aromatic heterocycles. The fourth-order valence-electron chi connectivity index (χ4n) is 3.15. The van der Waals surface area contributed by atoms with Gasteiger partial charge in [0.05, 0.1) is 0 Å². The minimum atomic E-state index is -0.233. The van der Waals surface area contributed by atoms with E-state index in [1.54, 1.807) is 0 Å². The molecule has 1 fully saturated rings. The van der Waals surface area contributed by atoms with Crippen LogP contribution in [0.15, 0.2) is 24.3 Å². The lowest BCUT2D eigenvalue weighted by Crippen LogP contribution is -2.31. The number of nitrogens with two attached hydrogens (primary N) is 1. The lowest BCUT2D eigenvalue weighted by Gasteiger charge is -2.36. The van der Waals surface area contributed by atoms with Crippen LogP contribution in [0.3, 0.4) is 0 Å². The Morgan fingerprint density at radius 1 is 1.11 bits per heavy atom. The average Bonchev–Trinajstić information content (AvgIpc) is 2.28. The quantitative estimate of drug-likeness (QED) is 0.812. The Morgan fingerprint density at radius 3 is 2.22 bits per heavy atom. The van der Waals surface area contributed by atoms with E-state index in [4.69, 9.17) is 5.73 Å². The van der Waals surface area contributed by atoms with Gasteiger partial charge < -0.3 is 5.73 Å². The summed E-state index contributed by atoms with van der Waals surface area (Å²) in [4.78, 5) is 0. The number of hydrogen-bond acceptors (Lipinski definition) is 1. The first-order valence-electron chi connectivity index (χ1n) is 7.18. The van der Waals surface area contributed by atoms with E-state index in [1.165, 1.54) is 36.8 Å². The molecule has 1 saturated carbocycles. The van der Waals surface area contributed by atoms with Crippen LogP contribution in [0.1, 0.15) is 70.4 Å². The highest BCUT2D eigenvalue weighted by Gasteiger charge is 2.30. The number of rotatable bonds is 2. The molecule has 1 aromatic carbocycles. The molecule has 1 heteroatoms. The van der Waals surface area contributed by atoms with Crippen LogP contribution < -0.4 is 5.73 Å². The topological polar surface area (TPSA) is 26.0 Å². The second-order valence-electron chi connectivity index (χ2n) is 7.25. The normalized spacial score (nSPS) is 20.9. The Kier molecular flexibility index (Phi) is 3.55. The van der Waals surface area contributed by atoms with E-state index >= 15 is 0 Å². The highest BCUT2D eigenvalue weighted by molar-refractivity contribution is 5.35. The monoisotopic (exact) mass is 245 g/mol. The summed E-state index contributed by atoms with van der Waals surface area (Å²) in [6, 6.07) is 8.76. The van der Waals surface area contributed by atoms with Crippen molar-refractivity contribution in [3.63, 3.8) is 0 Å². The molecule has 2 rings (SSSR count). The van der Waals surface area contributed by atoms with E-state index in [0.29, 0.717) is 11.3 Å². The van der Waals surface area contributed by atoms with Gasteiger partial charge in [0.15, 0.2) is 0 Å². The number of benzene rings is 1. The standard InChI is InChI=1S/C17H27N/c1-16(2)11-9-13(10-12-16)14-7-5-6-8-15(14)17(3,4)18/h5-8,13H,9-12,18H2,1-4H3. The molecular formula is C17H27N. The second kappa shape index (κ2) is 4.70. The number of hydrogen-bond donors (Lipinski definition) is 1. The molecule has 0 heterocycles. The molecule has 1 nitrogen and oxygen atoms in total. The van der Waals surface area contributed by atoms with Crippen LogP contribution in [0.25, 0.3) is 0 Å². The van der Waals surface area contributed by atoms with E-state index in [0.717, 1.165) is 0 Å². The van der Waals surface area contributed by atoms with Crippen LogP contribution in [0.4, 0.5) is 0 Å². The SMILES string of the molecule is CC1(C)CCC(c2ccccc2C(C)(C)N)CC1. The highest BCUT2D eigenvalue weighted by Crippen LogP contribution is 2.44. The van der Waals surface area contributed by atoms with Crippen molar-refractivity contribution in [2.75, 3.05) is 0 Å². The van der Waals surface area contributed by atoms with E-state index in [2.05, 4.69) is 52.0 Å². The summed E-state index contributed by atoms with van der Waals surface area (Å²) in [5, 5.41) is 0. The van der Waals surface area contributed by atoms with Crippen molar-refractivity contribution in [2.45, 2.75) is 64.8 Å². The summed E-state index contributed by atoms with van der Waals surface area (Å²) in [6.07, 6.45) is 5.27. The average molecular weight is 245 g/mol. The summed E-state index contributed by atoms with van der Waals surface area (Å²) in [6.45, 7) is 9.00. The van der Waals surface area contributed by atoms with Crippen LogP contribution in [0.5, 0.6) is 0 Å². The zero-order valence-corrected chi connectivity index (χ0v) is 12.3. The van der Waals surface area contributed by atoms with E-state index in [-0.39, 0.29) is 5.54 Å². The van der Waals surface area contributed by atoms with E-state index in [9.17, 15) is 0 Å². The van der Waals surface area contributed by atoms with Gasteiger partial charge in [-0.25, -0.2) is 0 Å². The van der Waals surface area contributed by atoms with Crippen molar-refractivity contribution >= 4 is 0 Å². The van der Waals surface area contributed by atoms with Gasteiger partial charge in [-0.3, -0.25) is 0 Å². The molecule has 0 unspecified atom stereocenters. The van der Waals surface area contributed by atoms with Crippen molar-refractivity contribution in [1.29, 1.82) is 0 Å². The van der Waals surface area contributed by atoms with Gasteiger partial charge in [0.1, 0.15) is 0 Å². The minimum absolute atomic E-state index is 0.233. The predicted octanol–water partition coefficient (Wildman–Crippen LogP) is 4.56. The summed E-state index contributed by atoms with van der Waals surface area (Å²) in [5.74, 6) is 0.706. The summed E-state index contributed by atoms with van der Waals surface area (Å²) in [5.41, 5.74) is 9.43. The minimum Gasteiger partial charge on any atom is -0.322 e. The lowest BCUT2D eigenvalue weighted by molar-refractivity contribution is 0.223. The summed E-state index contributed by atoms with van der Waals surface area (Å²) < 4.78 is 0.